The van der Waals surface area contributed by atoms with Gasteiger partial charge < -0.3 is 4.18 Å². The zero-order valence-corrected chi connectivity index (χ0v) is 15.5. The molecule has 4 atom stereocenters. The van der Waals surface area contributed by atoms with Crippen molar-refractivity contribution in [1.29, 1.82) is 0 Å². The number of alkyl halides is 1. The molecule has 1 N–H and O–H groups in total. The summed E-state index contributed by atoms with van der Waals surface area (Å²) < 4.78 is 49.1. The molecule has 3 aliphatic rings. The maximum atomic E-state index is 13.5. The lowest BCUT2D eigenvalue weighted by Gasteiger charge is -2.48. The van der Waals surface area contributed by atoms with Gasteiger partial charge in [0.2, 0.25) is 0 Å². The number of halogens is 1. The zero-order chi connectivity index (χ0) is 18.7. The van der Waals surface area contributed by atoms with Gasteiger partial charge in [0.25, 0.3) is 0 Å². The number of carbonyl (C=O) groups excluding carboxylic acids is 1. The predicted molar refractivity (Wildman–Crippen MR) is 93.1 cm³/mol. The van der Waals surface area contributed by atoms with Crippen molar-refractivity contribution in [2.45, 2.75) is 58.0 Å². The van der Waals surface area contributed by atoms with Gasteiger partial charge in [0, 0.05) is 17.4 Å². The third kappa shape index (κ3) is 2.76. The number of aryl methyl sites for hydroxylation is 1. The Balaban J connectivity index is 1.72. The SMILES string of the molecule is C[C@]12CC[C@@H]3c4cc(CF)c(OS(=O)(=O)O)cc4CC[C@H]3[C@@H]1CCC2=O. The molecule has 26 heavy (non-hydrogen) atoms. The summed E-state index contributed by atoms with van der Waals surface area (Å²) in [7, 11) is -4.69. The van der Waals surface area contributed by atoms with E-state index in [2.05, 4.69) is 11.1 Å². The van der Waals surface area contributed by atoms with Crippen LogP contribution in [0.25, 0.3) is 0 Å². The van der Waals surface area contributed by atoms with Gasteiger partial charge in [0.15, 0.2) is 5.75 Å². The minimum absolute atomic E-state index is 0.135. The Hall–Kier alpha value is -1.47. The molecule has 0 heterocycles. The molecular weight excluding hydrogens is 359 g/mol. The van der Waals surface area contributed by atoms with Crippen molar-refractivity contribution in [1.82, 2.24) is 0 Å². The first-order valence-electron chi connectivity index (χ1n) is 9.15. The summed E-state index contributed by atoms with van der Waals surface area (Å²) >= 11 is 0. The Morgan fingerprint density at radius 3 is 2.73 bits per heavy atom. The third-order valence-electron chi connectivity index (χ3n) is 6.95. The molecule has 4 rings (SSSR count). The van der Waals surface area contributed by atoms with Crippen LogP contribution < -0.4 is 4.18 Å². The normalized spacial score (nSPS) is 33.3. The number of benzene rings is 1. The standard InChI is InChI=1S/C19H23FO5S/c1-19-7-6-13-14(16(19)4-5-18(19)21)3-2-11-9-17(25-26(22,23)24)12(10-20)8-15(11)13/h8-9,13-14,16H,2-7,10H2,1H3,(H,22,23,24)/t13-,14+,16-,19-/m0/s1. The van der Waals surface area contributed by atoms with Gasteiger partial charge in [-0.2, -0.15) is 8.42 Å². The van der Waals surface area contributed by atoms with Crippen LogP contribution in [0.15, 0.2) is 12.1 Å². The van der Waals surface area contributed by atoms with Gasteiger partial charge in [0.1, 0.15) is 12.5 Å². The van der Waals surface area contributed by atoms with E-state index in [0.29, 0.717) is 24.0 Å². The highest BCUT2D eigenvalue weighted by Gasteiger charge is 2.54. The lowest BCUT2D eigenvalue weighted by Crippen LogP contribution is -2.42. The molecule has 1 aromatic rings. The van der Waals surface area contributed by atoms with E-state index in [9.17, 15) is 17.6 Å². The second kappa shape index (κ2) is 6.02. The smallest absolute Gasteiger partial charge is 0.361 e. The Morgan fingerprint density at radius 2 is 2.04 bits per heavy atom. The van der Waals surface area contributed by atoms with Crippen molar-refractivity contribution in [3.05, 3.63) is 28.8 Å². The summed E-state index contributed by atoms with van der Waals surface area (Å²) in [5.74, 6) is 1.31. The van der Waals surface area contributed by atoms with Crippen LogP contribution in [-0.2, 0) is 28.3 Å². The van der Waals surface area contributed by atoms with Gasteiger partial charge in [-0.25, -0.2) is 4.39 Å². The molecule has 0 aliphatic heterocycles. The number of rotatable bonds is 3. The molecule has 0 aromatic heterocycles. The van der Waals surface area contributed by atoms with Gasteiger partial charge in [0.05, 0.1) is 0 Å². The van der Waals surface area contributed by atoms with E-state index >= 15 is 0 Å². The highest BCUT2D eigenvalue weighted by Crippen LogP contribution is 2.59. The maximum absolute atomic E-state index is 13.5. The molecular formula is C19H23FO5S. The average molecular weight is 382 g/mol. The molecule has 0 unspecified atom stereocenters. The van der Waals surface area contributed by atoms with E-state index in [1.165, 1.54) is 0 Å². The first-order valence-corrected chi connectivity index (χ1v) is 10.5. The summed E-state index contributed by atoms with van der Waals surface area (Å²) in [5, 5.41) is 0. The fraction of sp³-hybridized carbons (Fsp3) is 0.632. The Bertz CT molecular complexity index is 865. The topological polar surface area (TPSA) is 80.7 Å². The molecule has 0 spiro atoms. The molecule has 1 aromatic carbocycles. The summed E-state index contributed by atoms with van der Waals surface area (Å²) in [6, 6.07) is 3.26. The van der Waals surface area contributed by atoms with E-state index < -0.39 is 17.1 Å². The van der Waals surface area contributed by atoms with Crippen LogP contribution in [0.4, 0.5) is 4.39 Å². The maximum Gasteiger partial charge on any atom is 0.446 e. The van der Waals surface area contributed by atoms with Crippen molar-refractivity contribution >= 4 is 16.2 Å². The van der Waals surface area contributed by atoms with Crippen LogP contribution >= 0.6 is 0 Å². The Labute approximate surface area is 152 Å². The van der Waals surface area contributed by atoms with Gasteiger partial charge >= 0.3 is 10.4 Å². The third-order valence-corrected chi connectivity index (χ3v) is 7.34. The summed E-state index contributed by atoms with van der Waals surface area (Å²) in [4.78, 5) is 12.4. The number of Topliss-reactive ketones (excluding diaryl/α,β-unsaturated/α-hetero) is 1. The van der Waals surface area contributed by atoms with Crippen molar-refractivity contribution in [3.8, 4) is 5.75 Å². The van der Waals surface area contributed by atoms with E-state index in [1.54, 1.807) is 12.1 Å². The van der Waals surface area contributed by atoms with E-state index in [4.69, 9.17) is 4.55 Å². The first-order chi connectivity index (χ1) is 12.2. The fourth-order valence-electron chi connectivity index (χ4n) is 5.71. The summed E-state index contributed by atoms with van der Waals surface area (Å²) in [6.07, 6.45) is 5.02. The number of hydrogen-bond donors (Lipinski definition) is 1. The van der Waals surface area contributed by atoms with Crippen LogP contribution in [-0.4, -0.2) is 18.8 Å². The Morgan fingerprint density at radius 1 is 1.27 bits per heavy atom. The summed E-state index contributed by atoms with van der Waals surface area (Å²) in [5.41, 5.74) is 1.93. The molecule has 0 bridgehead atoms. The van der Waals surface area contributed by atoms with Crippen molar-refractivity contribution in [3.63, 3.8) is 0 Å². The molecule has 0 saturated heterocycles. The zero-order valence-electron chi connectivity index (χ0n) is 14.7. The molecule has 7 heteroatoms. The van der Waals surface area contributed by atoms with Crippen molar-refractivity contribution < 1.29 is 26.3 Å². The second-order valence-corrected chi connectivity index (χ2v) is 9.16. The van der Waals surface area contributed by atoms with Gasteiger partial charge in [-0.15, -0.1) is 0 Å². The lowest BCUT2D eigenvalue weighted by molar-refractivity contribution is -0.129. The largest absolute Gasteiger partial charge is 0.446 e. The minimum Gasteiger partial charge on any atom is -0.361 e. The minimum atomic E-state index is -4.69. The predicted octanol–water partition coefficient (Wildman–Crippen LogP) is 3.76. The van der Waals surface area contributed by atoms with E-state index in [1.807, 2.05) is 0 Å². The number of ketones is 1. The fourth-order valence-corrected chi connectivity index (χ4v) is 6.09. The van der Waals surface area contributed by atoms with Crippen LogP contribution in [0.5, 0.6) is 5.75 Å². The highest BCUT2D eigenvalue weighted by atomic mass is 32.3. The molecule has 3 aliphatic carbocycles. The quantitative estimate of drug-likeness (QED) is 0.805. The second-order valence-electron chi connectivity index (χ2n) is 8.14. The summed E-state index contributed by atoms with van der Waals surface area (Å²) in [6.45, 7) is 1.24. The highest BCUT2D eigenvalue weighted by molar-refractivity contribution is 7.81. The van der Waals surface area contributed by atoms with Crippen LogP contribution in [0.2, 0.25) is 0 Å². The van der Waals surface area contributed by atoms with Gasteiger partial charge in [-0.3, -0.25) is 9.35 Å². The van der Waals surface area contributed by atoms with Crippen molar-refractivity contribution in [2.75, 3.05) is 0 Å². The molecule has 0 amide bonds. The number of fused-ring (bicyclic) bond motifs is 5. The van der Waals surface area contributed by atoms with Gasteiger partial charge in [-0.05, 0) is 73.1 Å². The molecule has 2 saturated carbocycles. The average Bonchev–Trinajstić information content (AvgIpc) is 2.88. The van der Waals surface area contributed by atoms with Crippen LogP contribution in [0, 0.1) is 17.3 Å². The van der Waals surface area contributed by atoms with E-state index in [0.717, 1.165) is 43.2 Å². The molecule has 0 radical (unpaired) electrons. The molecule has 5 nitrogen and oxygen atoms in total. The monoisotopic (exact) mass is 382 g/mol. The first kappa shape index (κ1) is 17.9. The lowest BCUT2D eigenvalue weighted by atomic mass is 9.55. The number of carbonyl (C=O) groups is 1. The van der Waals surface area contributed by atoms with Gasteiger partial charge in [-0.1, -0.05) is 6.92 Å². The Kier molecular flexibility index (Phi) is 4.15. The molecule has 142 valence electrons. The van der Waals surface area contributed by atoms with E-state index in [-0.39, 0.29) is 22.6 Å². The number of hydrogen-bond acceptors (Lipinski definition) is 4. The van der Waals surface area contributed by atoms with Crippen LogP contribution in [0.1, 0.15) is 61.6 Å². The van der Waals surface area contributed by atoms with Crippen LogP contribution in [0.3, 0.4) is 0 Å². The molecule has 2 fully saturated rings. The van der Waals surface area contributed by atoms with Crippen molar-refractivity contribution in [2.24, 2.45) is 17.3 Å².